The summed E-state index contributed by atoms with van der Waals surface area (Å²) in [5.74, 6) is -0.162. The number of carbonyl (C=O) groups is 1. The highest BCUT2D eigenvalue weighted by molar-refractivity contribution is 5.75. The van der Waals surface area contributed by atoms with Gasteiger partial charge in [-0.3, -0.25) is 4.79 Å². The van der Waals surface area contributed by atoms with Gasteiger partial charge in [0.2, 0.25) is 0 Å². The molecule has 3 nitrogen and oxygen atoms in total. The zero-order chi connectivity index (χ0) is 9.68. The van der Waals surface area contributed by atoms with Crippen LogP contribution in [0.4, 0.5) is 0 Å². The van der Waals surface area contributed by atoms with Crippen LogP contribution in [-0.2, 0) is 9.53 Å². The van der Waals surface area contributed by atoms with Crippen LogP contribution >= 0.6 is 0 Å². The molecule has 1 saturated carbocycles. The van der Waals surface area contributed by atoms with Crippen molar-refractivity contribution in [3.05, 3.63) is 0 Å². The Kier molecular flexibility index (Phi) is 4.22. The second kappa shape index (κ2) is 5.22. The number of nitrogens with one attached hydrogen (secondary N) is 1. The smallest absolute Gasteiger partial charge is 0.322 e. The normalized spacial score (nSPS) is 21.1. The van der Waals surface area contributed by atoms with Gasteiger partial charge in [-0.15, -0.1) is 0 Å². The molecule has 0 aliphatic heterocycles. The molecule has 0 aromatic rings. The number of rotatable bonds is 3. The van der Waals surface area contributed by atoms with Crippen molar-refractivity contribution in [1.29, 1.82) is 0 Å². The Morgan fingerprint density at radius 3 is 2.54 bits per heavy atom. The Morgan fingerprint density at radius 1 is 1.38 bits per heavy atom. The first kappa shape index (κ1) is 10.5. The molecular formula is C10H19NO2. The van der Waals surface area contributed by atoms with Crippen LogP contribution in [0.5, 0.6) is 0 Å². The minimum Gasteiger partial charge on any atom is -0.468 e. The molecule has 1 fully saturated rings. The maximum atomic E-state index is 11.1. The lowest BCUT2D eigenvalue weighted by Gasteiger charge is -2.25. The van der Waals surface area contributed by atoms with Crippen molar-refractivity contribution >= 4 is 5.97 Å². The van der Waals surface area contributed by atoms with Crippen molar-refractivity contribution in [2.75, 3.05) is 7.11 Å². The van der Waals surface area contributed by atoms with Crippen molar-refractivity contribution in [2.24, 2.45) is 0 Å². The highest BCUT2D eigenvalue weighted by atomic mass is 16.5. The van der Waals surface area contributed by atoms with E-state index < -0.39 is 0 Å². The van der Waals surface area contributed by atoms with Crippen molar-refractivity contribution in [1.82, 2.24) is 5.32 Å². The second-order valence-corrected chi connectivity index (χ2v) is 3.75. The van der Waals surface area contributed by atoms with Crippen LogP contribution in [-0.4, -0.2) is 25.2 Å². The van der Waals surface area contributed by atoms with E-state index in [9.17, 15) is 4.79 Å². The van der Waals surface area contributed by atoms with E-state index in [1.165, 1.54) is 39.2 Å². The van der Waals surface area contributed by atoms with E-state index in [1.807, 2.05) is 6.92 Å². The molecule has 0 unspecified atom stereocenters. The Balaban J connectivity index is 2.25. The van der Waals surface area contributed by atoms with Crippen LogP contribution in [0.1, 0.15) is 39.0 Å². The number of carbonyl (C=O) groups excluding carboxylic acids is 1. The topological polar surface area (TPSA) is 38.3 Å². The molecule has 0 saturated heterocycles. The minimum atomic E-state index is -0.162. The predicted molar refractivity (Wildman–Crippen MR) is 51.5 cm³/mol. The van der Waals surface area contributed by atoms with E-state index in [4.69, 9.17) is 0 Å². The van der Waals surface area contributed by atoms with Gasteiger partial charge in [-0.05, 0) is 19.8 Å². The van der Waals surface area contributed by atoms with Gasteiger partial charge in [0.25, 0.3) is 0 Å². The molecule has 0 aromatic heterocycles. The Hall–Kier alpha value is -0.570. The monoisotopic (exact) mass is 185 g/mol. The van der Waals surface area contributed by atoms with E-state index in [-0.39, 0.29) is 12.0 Å². The van der Waals surface area contributed by atoms with Crippen molar-refractivity contribution in [3.8, 4) is 0 Å². The number of esters is 1. The summed E-state index contributed by atoms with van der Waals surface area (Å²) < 4.78 is 4.65. The number of hydrogen-bond acceptors (Lipinski definition) is 3. The molecule has 1 rings (SSSR count). The van der Waals surface area contributed by atoms with E-state index >= 15 is 0 Å². The van der Waals surface area contributed by atoms with Gasteiger partial charge in [0.05, 0.1) is 7.11 Å². The van der Waals surface area contributed by atoms with Gasteiger partial charge in [-0.2, -0.15) is 0 Å². The molecule has 0 heterocycles. The Bertz CT molecular complexity index is 164. The summed E-state index contributed by atoms with van der Waals surface area (Å²) in [6, 6.07) is 0.357. The quantitative estimate of drug-likeness (QED) is 0.677. The molecule has 0 spiro atoms. The summed E-state index contributed by atoms with van der Waals surface area (Å²) in [6.07, 6.45) is 6.30. The Morgan fingerprint density at radius 2 is 2.00 bits per heavy atom. The zero-order valence-electron chi connectivity index (χ0n) is 8.51. The molecular weight excluding hydrogens is 166 g/mol. The van der Waals surface area contributed by atoms with Crippen molar-refractivity contribution in [2.45, 2.75) is 51.1 Å². The fraction of sp³-hybridized carbons (Fsp3) is 0.900. The molecule has 1 N–H and O–H groups in total. The molecule has 3 heteroatoms. The first-order chi connectivity index (χ1) is 6.24. The lowest BCUT2D eigenvalue weighted by atomic mass is 9.95. The first-order valence-corrected chi connectivity index (χ1v) is 5.08. The van der Waals surface area contributed by atoms with Gasteiger partial charge < -0.3 is 10.1 Å². The predicted octanol–water partition coefficient (Wildman–Crippen LogP) is 1.47. The molecule has 0 amide bonds. The molecule has 1 atom stereocenters. The average Bonchev–Trinajstić information content (AvgIpc) is 2.18. The minimum absolute atomic E-state index is 0.159. The summed E-state index contributed by atoms with van der Waals surface area (Å²) in [7, 11) is 1.43. The van der Waals surface area contributed by atoms with Crippen LogP contribution in [0.15, 0.2) is 0 Å². The fourth-order valence-electron chi connectivity index (χ4n) is 1.87. The van der Waals surface area contributed by atoms with Crippen LogP contribution in [0, 0.1) is 0 Å². The van der Waals surface area contributed by atoms with Crippen LogP contribution < -0.4 is 5.32 Å². The van der Waals surface area contributed by atoms with E-state index in [0.29, 0.717) is 6.04 Å². The largest absolute Gasteiger partial charge is 0.468 e. The van der Waals surface area contributed by atoms with Gasteiger partial charge >= 0.3 is 5.97 Å². The third-order valence-corrected chi connectivity index (χ3v) is 2.65. The molecule has 76 valence electrons. The third kappa shape index (κ3) is 3.35. The van der Waals surface area contributed by atoms with Gasteiger partial charge in [-0.1, -0.05) is 19.3 Å². The highest BCUT2D eigenvalue weighted by Gasteiger charge is 2.19. The second-order valence-electron chi connectivity index (χ2n) is 3.75. The van der Waals surface area contributed by atoms with Crippen LogP contribution in [0.3, 0.4) is 0 Å². The van der Waals surface area contributed by atoms with E-state index in [2.05, 4.69) is 10.1 Å². The van der Waals surface area contributed by atoms with Crippen LogP contribution in [0.25, 0.3) is 0 Å². The zero-order valence-corrected chi connectivity index (χ0v) is 8.51. The maximum Gasteiger partial charge on any atom is 0.322 e. The van der Waals surface area contributed by atoms with Crippen LogP contribution in [0.2, 0.25) is 0 Å². The summed E-state index contributed by atoms with van der Waals surface area (Å²) >= 11 is 0. The van der Waals surface area contributed by atoms with Gasteiger partial charge in [0.15, 0.2) is 0 Å². The van der Waals surface area contributed by atoms with Gasteiger partial charge in [-0.25, -0.2) is 0 Å². The number of hydrogen-bond donors (Lipinski definition) is 1. The molecule has 13 heavy (non-hydrogen) atoms. The average molecular weight is 185 g/mol. The fourth-order valence-corrected chi connectivity index (χ4v) is 1.87. The lowest BCUT2D eigenvalue weighted by Crippen LogP contribution is -2.42. The first-order valence-electron chi connectivity index (χ1n) is 5.08. The summed E-state index contributed by atoms with van der Waals surface area (Å²) in [5, 5.41) is 3.29. The van der Waals surface area contributed by atoms with Gasteiger partial charge in [0, 0.05) is 6.04 Å². The molecule has 0 aromatic carbocycles. The number of ether oxygens (including phenoxy) is 1. The third-order valence-electron chi connectivity index (χ3n) is 2.65. The van der Waals surface area contributed by atoms with E-state index in [0.717, 1.165) is 0 Å². The van der Waals surface area contributed by atoms with E-state index in [1.54, 1.807) is 0 Å². The standard InChI is InChI=1S/C10H19NO2/c1-8(10(12)13-2)11-9-6-4-3-5-7-9/h8-9,11H,3-7H2,1-2H3/t8-/m1/s1. The Labute approximate surface area is 79.8 Å². The summed E-state index contributed by atoms with van der Waals surface area (Å²) in [4.78, 5) is 11.1. The van der Waals surface area contributed by atoms with Crippen molar-refractivity contribution in [3.63, 3.8) is 0 Å². The number of methoxy groups -OCH3 is 1. The van der Waals surface area contributed by atoms with Crippen molar-refractivity contribution < 1.29 is 9.53 Å². The summed E-state index contributed by atoms with van der Waals surface area (Å²) in [6.45, 7) is 1.86. The highest BCUT2D eigenvalue weighted by Crippen LogP contribution is 2.17. The molecule has 0 bridgehead atoms. The SMILES string of the molecule is COC(=O)[C@@H](C)NC1CCCCC1. The molecule has 0 radical (unpaired) electrons. The summed E-state index contributed by atoms with van der Waals surface area (Å²) in [5.41, 5.74) is 0. The van der Waals surface area contributed by atoms with Gasteiger partial charge in [0.1, 0.15) is 6.04 Å². The molecule has 1 aliphatic carbocycles. The maximum absolute atomic E-state index is 11.1. The lowest BCUT2D eigenvalue weighted by molar-refractivity contribution is -0.142. The molecule has 1 aliphatic rings.